The van der Waals surface area contributed by atoms with Gasteiger partial charge >= 0.3 is 0 Å². The predicted molar refractivity (Wildman–Crippen MR) is 89.1 cm³/mol. The maximum absolute atomic E-state index is 12.3. The maximum Gasteiger partial charge on any atom is 0.251 e. The zero-order valence-electron chi connectivity index (χ0n) is 14.0. The lowest BCUT2D eigenvalue weighted by atomic mass is 9.76. The van der Waals surface area contributed by atoms with Crippen molar-refractivity contribution < 1.29 is 14.3 Å². The Labute approximate surface area is 141 Å². The van der Waals surface area contributed by atoms with Gasteiger partial charge in [-0.25, -0.2) is 0 Å². The summed E-state index contributed by atoms with van der Waals surface area (Å²) in [6.07, 6.45) is 8.59. The van der Waals surface area contributed by atoms with Gasteiger partial charge < -0.3 is 15.0 Å². The van der Waals surface area contributed by atoms with Crippen molar-refractivity contribution in [3.63, 3.8) is 0 Å². The highest BCUT2D eigenvalue weighted by Crippen LogP contribution is 2.47. The van der Waals surface area contributed by atoms with Gasteiger partial charge in [0.15, 0.2) is 0 Å². The van der Waals surface area contributed by atoms with Crippen LogP contribution in [0.4, 0.5) is 0 Å². The Morgan fingerprint density at radius 2 is 2.17 bits per heavy atom. The molecule has 0 bridgehead atoms. The third kappa shape index (κ3) is 3.19. The van der Waals surface area contributed by atoms with Gasteiger partial charge in [0, 0.05) is 55.7 Å². The van der Waals surface area contributed by atoms with Gasteiger partial charge in [0.2, 0.25) is 5.91 Å². The largest absolute Gasteiger partial charge is 0.383 e. The molecular formula is C18H23N3O3. The van der Waals surface area contributed by atoms with E-state index in [9.17, 15) is 9.59 Å². The summed E-state index contributed by atoms with van der Waals surface area (Å²) in [5, 5.41) is 3.05. The molecule has 1 aromatic rings. The smallest absolute Gasteiger partial charge is 0.251 e. The minimum Gasteiger partial charge on any atom is -0.383 e. The van der Waals surface area contributed by atoms with Crippen molar-refractivity contribution in [3.05, 3.63) is 41.9 Å². The van der Waals surface area contributed by atoms with E-state index in [4.69, 9.17) is 4.74 Å². The van der Waals surface area contributed by atoms with Gasteiger partial charge in [-0.2, -0.15) is 0 Å². The number of allylic oxidation sites excluding steroid dienone is 1. The third-order valence-corrected chi connectivity index (χ3v) is 4.96. The molecule has 6 nitrogen and oxygen atoms in total. The number of piperidine rings is 1. The summed E-state index contributed by atoms with van der Waals surface area (Å²) in [4.78, 5) is 30.4. The van der Waals surface area contributed by atoms with Crippen molar-refractivity contribution in [2.75, 3.05) is 26.8 Å². The number of rotatable bonds is 6. The van der Waals surface area contributed by atoms with Crippen LogP contribution in [0, 0.1) is 5.41 Å². The Balaban J connectivity index is 1.71. The van der Waals surface area contributed by atoms with Gasteiger partial charge in [0.05, 0.1) is 6.61 Å². The van der Waals surface area contributed by atoms with Gasteiger partial charge in [-0.3, -0.25) is 14.6 Å². The standard InChI is InChI=1S/C18H23N3O3/c1-24-12-11-21-15-3-2-7-18(15,8-4-16(21)22)13-20-17(23)14-5-9-19-10-6-14/h3,5-6,9-10H,2,4,7-8,11-13H2,1H3,(H,20,23). The van der Waals surface area contributed by atoms with Crippen LogP contribution >= 0.6 is 0 Å². The zero-order chi connectivity index (χ0) is 17.0. The Bertz CT molecular complexity index is 644. The molecule has 2 heterocycles. The molecule has 0 spiro atoms. The van der Waals surface area contributed by atoms with E-state index in [0.29, 0.717) is 31.7 Å². The number of nitrogens with one attached hydrogen (secondary N) is 1. The van der Waals surface area contributed by atoms with Crippen LogP contribution in [-0.4, -0.2) is 48.5 Å². The number of pyridine rings is 1. The summed E-state index contributed by atoms with van der Waals surface area (Å²) in [6.45, 7) is 1.64. The van der Waals surface area contributed by atoms with Crippen LogP contribution in [0.15, 0.2) is 36.3 Å². The molecule has 3 rings (SSSR count). The summed E-state index contributed by atoms with van der Waals surface area (Å²) >= 11 is 0. The molecule has 1 aliphatic heterocycles. The molecule has 0 aromatic carbocycles. The van der Waals surface area contributed by atoms with Gasteiger partial charge in [-0.1, -0.05) is 6.08 Å². The van der Waals surface area contributed by atoms with Crippen LogP contribution in [-0.2, 0) is 9.53 Å². The van der Waals surface area contributed by atoms with Gasteiger partial charge in [0.25, 0.3) is 5.91 Å². The maximum atomic E-state index is 12.3. The Morgan fingerprint density at radius 3 is 2.92 bits per heavy atom. The van der Waals surface area contributed by atoms with E-state index < -0.39 is 0 Å². The Kier molecular flexibility index (Phi) is 4.94. The molecular weight excluding hydrogens is 306 g/mol. The number of nitrogens with zero attached hydrogens (tertiary/aromatic N) is 2. The highest BCUT2D eigenvalue weighted by atomic mass is 16.5. The fourth-order valence-electron chi connectivity index (χ4n) is 3.64. The second-order valence-electron chi connectivity index (χ2n) is 6.37. The monoisotopic (exact) mass is 329 g/mol. The summed E-state index contributed by atoms with van der Waals surface area (Å²) in [5.41, 5.74) is 1.53. The molecule has 0 radical (unpaired) electrons. The first-order valence-electron chi connectivity index (χ1n) is 8.34. The number of amides is 2. The van der Waals surface area contributed by atoms with Crippen LogP contribution in [0.1, 0.15) is 36.0 Å². The molecule has 1 fully saturated rings. The lowest BCUT2D eigenvalue weighted by Gasteiger charge is -2.42. The molecule has 2 aliphatic rings. The normalized spacial score (nSPS) is 23.0. The number of likely N-dealkylation sites (tertiary alicyclic amines) is 1. The van der Waals surface area contributed by atoms with Gasteiger partial charge in [-0.15, -0.1) is 0 Å². The molecule has 1 aliphatic carbocycles. The highest BCUT2D eigenvalue weighted by Gasteiger charge is 2.45. The number of methoxy groups -OCH3 is 1. The van der Waals surface area contributed by atoms with Crippen molar-refractivity contribution in [1.82, 2.24) is 15.2 Å². The number of carbonyl (C=O) groups excluding carboxylic acids is 2. The van der Waals surface area contributed by atoms with E-state index in [-0.39, 0.29) is 17.2 Å². The van der Waals surface area contributed by atoms with Crippen molar-refractivity contribution in [2.45, 2.75) is 25.7 Å². The summed E-state index contributed by atoms with van der Waals surface area (Å²) in [6, 6.07) is 3.40. The van der Waals surface area contributed by atoms with Gasteiger partial charge in [-0.05, 0) is 31.4 Å². The van der Waals surface area contributed by atoms with Crippen LogP contribution in [0.3, 0.4) is 0 Å². The highest BCUT2D eigenvalue weighted by molar-refractivity contribution is 5.94. The topological polar surface area (TPSA) is 71.5 Å². The number of hydrogen-bond donors (Lipinski definition) is 1. The average Bonchev–Trinajstić information content (AvgIpc) is 3.04. The van der Waals surface area contributed by atoms with E-state index in [2.05, 4.69) is 16.4 Å². The quantitative estimate of drug-likeness (QED) is 0.863. The van der Waals surface area contributed by atoms with E-state index in [0.717, 1.165) is 25.0 Å². The van der Waals surface area contributed by atoms with Crippen LogP contribution in [0.2, 0.25) is 0 Å². The molecule has 0 saturated carbocycles. The number of carbonyl (C=O) groups is 2. The van der Waals surface area contributed by atoms with Gasteiger partial charge in [0.1, 0.15) is 0 Å². The number of aromatic nitrogens is 1. The van der Waals surface area contributed by atoms with Crippen LogP contribution in [0.25, 0.3) is 0 Å². The molecule has 6 heteroatoms. The average molecular weight is 329 g/mol. The van der Waals surface area contributed by atoms with Crippen molar-refractivity contribution in [3.8, 4) is 0 Å². The minimum absolute atomic E-state index is 0.0987. The first kappa shape index (κ1) is 16.6. The Hall–Kier alpha value is -2.21. The van der Waals surface area contributed by atoms with Crippen LogP contribution < -0.4 is 5.32 Å². The van der Waals surface area contributed by atoms with E-state index in [1.807, 2.05) is 4.90 Å². The Morgan fingerprint density at radius 1 is 1.38 bits per heavy atom. The van der Waals surface area contributed by atoms with Crippen LogP contribution in [0.5, 0.6) is 0 Å². The van der Waals surface area contributed by atoms with E-state index >= 15 is 0 Å². The molecule has 24 heavy (non-hydrogen) atoms. The first-order valence-corrected chi connectivity index (χ1v) is 8.34. The SMILES string of the molecule is COCCN1C(=O)CCC2(CNC(=O)c3ccncc3)CCC=C12. The van der Waals surface area contributed by atoms with Crippen molar-refractivity contribution in [2.24, 2.45) is 5.41 Å². The van der Waals surface area contributed by atoms with Crippen molar-refractivity contribution >= 4 is 11.8 Å². The summed E-state index contributed by atoms with van der Waals surface area (Å²) in [7, 11) is 1.64. The zero-order valence-corrected chi connectivity index (χ0v) is 14.0. The summed E-state index contributed by atoms with van der Waals surface area (Å²) in [5.74, 6) is 0.0506. The number of ether oxygens (including phenoxy) is 1. The first-order chi connectivity index (χ1) is 11.7. The number of fused-ring (bicyclic) bond motifs is 1. The molecule has 2 amide bonds. The molecule has 1 aromatic heterocycles. The predicted octanol–water partition coefficient (Wildman–Crippen LogP) is 1.74. The molecule has 128 valence electrons. The lowest BCUT2D eigenvalue weighted by molar-refractivity contribution is -0.133. The summed E-state index contributed by atoms with van der Waals surface area (Å²) < 4.78 is 5.13. The molecule has 1 unspecified atom stereocenters. The van der Waals surface area contributed by atoms with E-state index in [1.165, 1.54) is 0 Å². The fourth-order valence-corrected chi connectivity index (χ4v) is 3.64. The number of hydrogen-bond acceptors (Lipinski definition) is 4. The third-order valence-electron chi connectivity index (χ3n) is 4.96. The van der Waals surface area contributed by atoms with Crippen molar-refractivity contribution in [1.29, 1.82) is 0 Å². The molecule has 1 N–H and O–H groups in total. The minimum atomic E-state index is -0.135. The molecule has 1 saturated heterocycles. The second kappa shape index (κ2) is 7.13. The van der Waals surface area contributed by atoms with E-state index in [1.54, 1.807) is 31.6 Å². The lowest BCUT2D eigenvalue weighted by Crippen LogP contribution is -2.48. The molecule has 1 atom stereocenters. The fraction of sp³-hybridized carbons (Fsp3) is 0.500. The second-order valence-corrected chi connectivity index (χ2v) is 6.37.